The Morgan fingerprint density at radius 3 is 1.70 bits per heavy atom. The zero-order valence-electron chi connectivity index (χ0n) is 19.6. The molecule has 0 unspecified atom stereocenters. The lowest BCUT2D eigenvalue weighted by molar-refractivity contribution is 0.532. The second kappa shape index (κ2) is 13.7. The fourth-order valence-electron chi connectivity index (χ4n) is 5.03. The number of fused-ring (bicyclic) bond motifs is 3. The Bertz CT molecular complexity index is 727. The predicted octanol–water partition coefficient (Wildman–Crippen LogP) is 9.67. The van der Waals surface area contributed by atoms with E-state index < -0.39 is 0 Å². The summed E-state index contributed by atoms with van der Waals surface area (Å²) in [7, 11) is 0. The van der Waals surface area contributed by atoms with Gasteiger partial charge in [-0.3, -0.25) is 0 Å². The lowest BCUT2D eigenvalue weighted by Gasteiger charge is -2.06. The number of aryl methyl sites for hydroxylation is 1. The van der Waals surface area contributed by atoms with Crippen LogP contribution >= 0.6 is 0 Å². The molecule has 0 amide bonds. The summed E-state index contributed by atoms with van der Waals surface area (Å²) in [6.07, 6.45) is 23.9. The number of hydrogen-bond acceptors (Lipinski definition) is 0. The molecule has 1 aliphatic carbocycles. The van der Waals surface area contributed by atoms with Gasteiger partial charge in [-0.2, -0.15) is 0 Å². The Morgan fingerprint density at radius 1 is 0.533 bits per heavy atom. The van der Waals surface area contributed by atoms with Gasteiger partial charge in [-0.05, 0) is 47.1 Å². The van der Waals surface area contributed by atoms with Gasteiger partial charge in [0, 0.05) is 0 Å². The molecule has 2 aromatic carbocycles. The van der Waals surface area contributed by atoms with E-state index in [1.807, 2.05) is 0 Å². The lowest BCUT2D eigenvalue weighted by Crippen LogP contribution is -1.89. The van der Waals surface area contributed by atoms with E-state index in [0.29, 0.717) is 0 Å². The summed E-state index contributed by atoms with van der Waals surface area (Å²) in [4.78, 5) is 0. The van der Waals surface area contributed by atoms with Crippen molar-refractivity contribution in [3.63, 3.8) is 0 Å². The quantitative estimate of drug-likeness (QED) is 0.208. The fraction of sp³-hybridized carbons (Fsp3) is 0.600. The molecule has 0 heterocycles. The molecule has 0 spiro atoms. The zero-order chi connectivity index (χ0) is 20.9. The van der Waals surface area contributed by atoms with Gasteiger partial charge in [0.1, 0.15) is 0 Å². The Labute approximate surface area is 186 Å². The van der Waals surface area contributed by atoms with Crippen molar-refractivity contribution < 1.29 is 0 Å². The third kappa shape index (κ3) is 7.60. The molecule has 2 aromatic rings. The summed E-state index contributed by atoms with van der Waals surface area (Å²) in [5.41, 5.74) is 7.49. The SMILES string of the molecule is CCCCCCCCCCCCCCCCCc1ccc2c(c1)-c1ccccc1C2. The maximum Gasteiger partial charge on any atom is -0.00135 e. The van der Waals surface area contributed by atoms with Gasteiger partial charge in [0.25, 0.3) is 0 Å². The second-order valence-corrected chi connectivity index (χ2v) is 9.53. The van der Waals surface area contributed by atoms with Gasteiger partial charge in [0.2, 0.25) is 0 Å². The van der Waals surface area contributed by atoms with Crippen LogP contribution in [0.15, 0.2) is 42.5 Å². The molecule has 0 heteroatoms. The molecule has 0 nitrogen and oxygen atoms in total. The molecular formula is C30H44. The normalized spacial score (nSPS) is 12.2. The van der Waals surface area contributed by atoms with Crippen LogP contribution in [-0.2, 0) is 12.8 Å². The van der Waals surface area contributed by atoms with Crippen LogP contribution in [0.25, 0.3) is 11.1 Å². The summed E-state index contributed by atoms with van der Waals surface area (Å²) in [5, 5.41) is 0. The standard InChI is InChI=1S/C30H44/c1-2-3-4-5-6-7-8-9-10-11-12-13-14-15-16-19-26-22-23-28-25-27-20-17-18-21-29(27)30(28)24-26/h17-18,20-24H,2-16,19,25H2,1H3. The summed E-state index contributed by atoms with van der Waals surface area (Å²) >= 11 is 0. The van der Waals surface area contributed by atoms with Crippen molar-refractivity contribution in [2.45, 2.75) is 116 Å². The van der Waals surface area contributed by atoms with Gasteiger partial charge in [-0.25, -0.2) is 0 Å². The first-order valence-electron chi connectivity index (χ1n) is 13.1. The maximum atomic E-state index is 2.46. The van der Waals surface area contributed by atoms with Gasteiger partial charge in [-0.15, -0.1) is 0 Å². The largest absolute Gasteiger partial charge is 0.0654 e. The average Bonchev–Trinajstić information content (AvgIpc) is 3.14. The molecule has 0 saturated heterocycles. The van der Waals surface area contributed by atoms with Gasteiger partial charge in [0.05, 0.1) is 0 Å². The monoisotopic (exact) mass is 404 g/mol. The van der Waals surface area contributed by atoms with Crippen molar-refractivity contribution in [1.82, 2.24) is 0 Å². The third-order valence-corrected chi connectivity index (χ3v) is 6.93. The van der Waals surface area contributed by atoms with Crippen LogP contribution in [0.2, 0.25) is 0 Å². The molecule has 0 atom stereocenters. The van der Waals surface area contributed by atoms with Crippen LogP contribution in [0.4, 0.5) is 0 Å². The molecule has 30 heavy (non-hydrogen) atoms. The molecule has 3 rings (SSSR count). The van der Waals surface area contributed by atoms with E-state index in [2.05, 4.69) is 49.4 Å². The molecule has 0 radical (unpaired) electrons. The van der Waals surface area contributed by atoms with Crippen molar-refractivity contribution >= 4 is 0 Å². The first-order valence-corrected chi connectivity index (χ1v) is 13.1. The van der Waals surface area contributed by atoms with Crippen molar-refractivity contribution in [3.05, 3.63) is 59.2 Å². The van der Waals surface area contributed by atoms with E-state index in [-0.39, 0.29) is 0 Å². The minimum absolute atomic E-state index is 1.12. The molecule has 0 aliphatic heterocycles. The molecule has 0 N–H and O–H groups in total. The summed E-state index contributed by atoms with van der Waals surface area (Å²) in [6.45, 7) is 2.30. The van der Waals surface area contributed by atoms with Crippen LogP contribution in [-0.4, -0.2) is 0 Å². The summed E-state index contributed by atoms with van der Waals surface area (Å²) in [6, 6.07) is 16.1. The van der Waals surface area contributed by atoms with Gasteiger partial charge < -0.3 is 0 Å². The maximum absolute atomic E-state index is 2.46. The van der Waals surface area contributed by atoms with Crippen LogP contribution in [0.3, 0.4) is 0 Å². The summed E-state index contributed by atoms with van der Waals surface area (Å²) in [5.74, 6) is 0. The lowest BCUT2D eigenvalue weighted by atomic mass is 9.99. The number of unbranched alkanes of at least 4 members (excludes halogenated alkanes) is 14. The van der Waals surface area contributed by atoms with E-state index in [1.54, 1.807) is 0 Å². The minimum Gasteiger partial charge on any atom is -0.0654 e. The van der Waals surface area contributed by atoms with Crippen molar-refractivity contribution in [2.75, 3.05) is 0 Å². The second-order valence-electron chi connectivity index (χ2n) is 9.53. The highest BCUT2D eigenvalue weighted by atomic mass is 14.2. The predicted molar refractivity (Wildman–Crippen MR) is 133 cm³/mol. The minimum atomic E-state index is 1.12. The third-order valence-electron chi connectivity index (χ3n) is 6.93. The number of hydrogen-bond donors (Lipinski definition) is 0. The molecule has 0 saturated carbocycles. The number of benzene rings is 2. The highest BCUT2D eigenvalue weighted by Gasteiger charge is 2.17. The van der Waals surface area contributed by atoms with Gasteiger partial charge in [0.15, 0.2) is 0 Å². The first-order chi connectivity index (χ1) is 14.9. The van der Waals surface area contributed by atoms with E-state index >= 15 is 0 Å². The fourth-order valence-corrected chi connectivity index (χ4v) is 5.03. The molecule has 164 valence electrons. The van der Waals surface area contributed by atoms with E-state index in [4.69, 9.17) is 0 Å². The first kappa shape index (κ1) is 23.1. The van der Waals surface area contributed by atoms with Crippen LogP contribution in [0.1, 0.15) is 120 Å². The van der Waals surface area contributed by atoms with Crippen molar-refractivity contribution in [3.8, 4) is 11.1 Å². The van der Waals surface area contributed by atoms with Crippen molar-refractivity contribution in [1.29, 1.82) is 0 Å². The number of rotatable bonds is 16. The van der Waals surface area contributed by atoms with E-state index in [1.165, 1.54) is 131 Å². The zero-order valence-corrected chi connectivity index (χ0v) is 19.6. The smallest absolute Gasteiger partial charge is 0.00135 e. The molecule has 1 aliphatic rings. The van der Waals surface area contributed by atoms with E-state index in [9.17, 15) is 0 Å². The highest BCUT2D eigenvalue weighted by molar-refractivity contribution is 5.77. The average molecular weight is 405 g/mol. The Balaban J connectivity index is 1.17. The molecular weight excluding hydrogens is 360 g/mol. The Hall–Kier alpha value is -1.56. The van der Waals surface area contributed by atoms with Gasteiger partial charge >= 0.3 is 0 Å². The van der Waals surface area contributed by atoms with Crippen LogP contribution in [0, 0.1) is 0 Å². The molecule has 0 bridgehead atoms. The Kier molecular flexibility index (Phi) is 10.5. The Morgan fingerprint density at radius 2 is 1.07 bits per heavy atom. The molecule has 0 fully saturated rings. The van der Waals surface area contributed by atoms with Crippen LogP contribution in [0.5, 0.6) is 0 Å². The summed E-state index contributed by atoms with van der Waals surface area (Å²) < 4.78 is 0. The molecule has 0 aromatic heterocycles. The van der Waals surface area contributed by atoms with E-state index in [0.717, 1.165) is 6.42 Å². The topological polar surface area (TPSA) is 0 Å². The van der Waals surface area contributed by atoms with Crippen LogP contribution < -0.4 is 0 Å². The van der Waals surface area contributed by atoms with Crippen molar-refractivity contribution in [2.24, 2.45) is 0 Å². The van der Waals surface area contributed by atoms with Gasteiger partial charge in [-0.1, -0.05) is 139 Å². The highest BCUT2D eigenvalue weighted by Crippen LogP contribution is 2.37.